The summed E-state index contributed by atoms with van der Waals surface area (Å²) in [5, 5.41) is 10.5. The summed E-state index contributed by atoms with van der Waals surface area (Å²) in [5.74, 6) is 6.18. The van der Waals surface area contributed by atoms with E-state index in [2.05, 4.69) is 17.9 Å². The lowest BCUT2D eigenvalue weighted by Gasteiger charge is -2.32. The SMILES string of the molecule is CC#Cc1ccc(-c2ccc(C(=O)CCCC3(O)CCCCC3)s2)s1. The van der Waals surface area contributed by atoms with Crippen LogP contribution in [-0.2, 0) is 0 Å². The van der Waals surface area contributed by atoms with Crippen molar-refractivity contribution >= 4 is 28.5 Å². The Kier molecular flexibility index (Phi) is 6.11. The second-order valence-corrected chi connectivity index (χ2v) is 8.93. The average Bonchev–Trinajstić information content (AvgIpc) is 3.24. The number of hydrogen-bond acceptors (Lipinski definition) is 4. The Morgan fingerprint density at radius 2 is 1.84 bits per heavy atom. The third kappa shape index (κ3) is 4.82. The molecule has 25 heavy (non-hydrogen) atoms. The molecule has 2 aromatic heterocycles. The van der Waals surface area contributed by atoms with Gasteiger partial charge in [-0.3, -0.25) is 4.79 Å². The van der Waals surface area contributed by atoms with E-state index in [0.717, 1.165) is 53.2 Å². The second kappa shape index (κ2) is 8.31. The molecular weight excluding hydrogens is 348 g/mol. The molecule has 0 unspecified atom stereocenters. The molecule has 1 saturated carbocycles. The fraction of sp³-hybridized carbons (Fsp3) is 0.476. The molecule has 0 radical (unpaired) electrons. The molecule has 0 spiro atoms. The maximum absolute atomic E-state index is 12.5. The predicted molar refractivity (Wildman–Crippen MR) is 106 cm³/mol. The maximum Gasteiger partial charge on any atom is 0.172 e. The molecule has 0 amide bonds. The van der Waals surface area contributed by atoms with E-state index in [1.807, 2.05) is 25.1 Å². The van der Waals surface area contributed by atoms with E-state index in [-0.39, 0.29) is 5.78 Å². The van der Waals surface area contributed by atoms with E-state index in [9.17, 15) is 9.90 Å². The fourth-order valence-electron chi connectivity index (χ4n) is 3.44. The van der Waals surface area contributed by atoms with Crippen molar-refractivity contribution in [2.75, 3.05) is 0 Å². The lowest BCUT2D eigenvalue weighted by molar-refractivity contribution is -0.00539. The van der Waals surface area contributed by atoms with Crippen LogP contribution >= 0.6 is 22.7 Å². The zero-order chi connectivity index (χ0) is 17.7. The summed E-state index contributed by atoms with van der Waals surface area (Å²) in [6, 6.07) is 8.07. The Labute approximate surface area is 157 Å². The van der Waals surface area contributed by atoms with Gasteiger partial charge in [0.2, 0.25) is 0 Å². The summed E-state index contributed by atoms with van der Waals surface area (Å²) >= 11 is 3.22. The first-order chi connectivity index (χ1) is 12.1. The Morgan fingerprint density at radius 1 is 1.12 bits per heavy atom. The van der Waals surface area contributed by atoms with Gasteiger partial charge in [-0.05, 0) is 56.9 Å². The van der Waals surface area contributed by atoms with Gasteiger partial charge in [0.15, 0.2) is 5.78 Å². The molecule has 3 rings (SSSR count). The molecule has 1 fully saturated rings. The van der Waals surface area contributed by atoms with Gasteiger partial charge in [-0.2, -0.15) is 0 Å². The minimum Gasteiger partial charge on any atom is -0.390 e. The largest absolute Gasteiger partial charge is 0.390 e. The van der Waals surface area contributed by atoms with Crippen LogP contribution in [0.2, 0.25) is 0 Å². The molecule has 2 nitrogen and oxygen atoms in total. The summed E-state index contributed by atoms with van der Waals surface area (Å²) < 4.78 is 0. The van der Waals surface area contributed by atoms with Crippen molar-refractivity contribution in [1.29, 1.82) is 0 Å². The van der Waals surface area contributed by atoms with Gasteiger partial charge in [0.25, 0.3) is 0 Å². The van der Waals surface area contributed by atoms with Crippen molar-refractivity contribution in [3.63, 3.8) is 0 Å². The lowest BCUT2D eigenvalue weighted by Crippen LogP contribution is -2.31. The molecule has 0 bridgehead atoms. The third-order valence-corrected chi connectivity index (χ3v) is 7.13. The summed E-state index contributed by atoms with van der Waals surface area (Å²) in [5.41, 5.74) is -0.521. The van der Waals surface area contributed by atoms with Crippen molar-refractivity contribution in [2.24, 2.45) is 0 Å². The molecule has 0 atom stereocenters. The van der Waals surface area contributed by atoms with Crippen LogP contribution in [0.25, 0.3) is 9.75 Å². The van der Waals surface area contributed by atoms with Gasteiger partial charge in [-0.25, -0.2) is 0 Å². The molecule has 0 aliphatic heterocycles. The van der Waals surface area contributed by atoms with Gasteiger partial charge in [0, 0.05) is 16.2 Å². The zero-order valence-corrected chi connectivity index (χ0v) is 16.3. The number of rotatable bonds is 6. The molecule has 0 saturated heterocycles. The van der Waals surface area contributed by atoms with E-state index in [1.165, 1.54) is 11.3 Å². The van der Waals surface area contributed by atoms with E-state index >= 15 is 0 Å². The van der Waals surface area contributed by atoms with E-state index in [4.69, 9.17) is 0 Å². The smallest absolute Gasteiger partial charge is 0.172 e. The predicted octanol–water partition coefficient (Wildman–Crippen LogP) is 5.90. The third-order valence-electron chi connectivity index (χ3n) is 4.81. The second-order valence-electron chi connectivity index (χ2n) is 6.76. The number of carbonyl (C=O) groups excluding carboxylic acids is 1. The molecule has 2 heterocycles. The van der Waals surface area contributed by atoms with Crippen LogP contribution in [0, 0.1) is 11.8 Å². The standard InChI is InChI=1S/C21H24O2S2/c1-2-7-16-9-10-19(24-16)20-12-11-18(25-20)17(22)8-6-15-21(23)13-4-3-5-14-21/h9-12,23H,3-6,8,13-15H2,1H3. The summed E-state index contributed by atoms with van der Waals surface area (Å²) in [4.78, 5) is 16.6. The average molecular weight is 373 g/mol. The van der Waals surface area contributed by atoms with Gasteiger partial charge < -0.3 is 5.11 Å². The quantitative estimate of drug-likeness (QED) is 0.506. The Balaban J connectivity index is 1.55. The Hall–Kier alpha value is -1.41. The van der Waals surface area contributed by atoms with E-state index in [0.29, 0.717) is 6.42 Å². The van der Waals surface area contributed by atoms with Crippen LogP contribution in [0.5, 0.6) is 0 Å². The van der Waals surface area contributed by atoms with Crippen molar-refractivity contribution in [1.82, 2.24) is 0 Å². The number of ketones is 1. The highest BCUT2D eigenvalue weighted by Crippen LogP contribution is 2.35. The summed E-state index contributed by atoms with van der Waals surface area (Å²) in [7, 11) is 0. The van der Waals surface area contributed by atoms with Crippen LogP contribution < -0.4 is 0 Å². The highest BCUT2D eigenvalue weighted by atomic mass is 32.1. The van der Waals surface area contributed by atoms with Crippen LogP contribution in [0.1, 0.15) is 72.8 Å². The molecular formula is C21H24O2S2. The molecule has 1 aliphatic rings. The van der Waals surface area contributed by atoms with Gasteiger partial charge in [-0.15, -0.1) is 28.6 Å². The first-order valence-corrected chi connectivity index (χ1v) is 10.6. The number of carbonyl (C=O) groups is 1. The first-order valence-electron chi connectivity index (χ1n) is 8.98. The number of Topliss-reactive ketones (excluding diaryl/α,β-unsaturated/α-hetero) is 1. The van der Waals surface area contributed by atoms with Crippen LogP contribution in [-0.4, -0.2) is 16.5 Å². The highest BCUT2D eigenvalue weighted by Gasteiger charge is 2.28. The van der Waals surface area contributed by atoms with Gasteiger partial charge in [0.1, 0.15) is 0 Å². The topological polar surface area (TPSA) is 37.3 Å². The molecule has 4 heteroatoms. The van der Waals surface area contributed by atoms with Crippen molar-refractivity contribution in [2.45, 2.75) is 63.9 Å². The number of aliphatic hydroxyl groups is 1. The summed E-state index contributed by atoms with van der Waals surface area (Å²) in [6.07, 6.45) is 7.30. The molecule has 132 valence electrons. The van der Waals surface area contributed by atoms with Crippen LogP contribution in [0.3, 0.4) is 0 Å². The number of thiophene rings is 2. The fourth-order valence-corrected chi connectivity index (χ4v) is 5.42. The van der Waals surface area contributed by atoms with Gasteiger partial charge in [-0.1, -0.05) is 25.2 Å². The Bertz CT molecular complexity index is 782. The molecule has 1 N–H and O–H groups in total. The zero-order valence-electron chi connectivity index (χ0n) is 14.6. The van der Waals surface area contributed by atoms with Crippen LogP contribution in [0.4, 0.5) is 0 Å². The van der Waals surface area contributed by atoms with E-state index in [1.54, 1.807) is 22.7 Å². The van der Waals surface area contributed by atoms with Crippen molar-refractivity contribution < 1.29 is 9.90 Å². The first kappa shape index (κ1) is 18.4. The van der Waals surface area contributed by atoms with Gasteiger partial charge >= 0.3 is 0 Å². The van der Waals surface area contributed by atoms with Crippen molar-refractivity contribution in [3.8, 4) is 21.6 Å². The minimum absolute atomic E-state index is 0.195. The van der Waals surface area contributed by atoms with Crippen LogP contribution in [0.15, 0.2) is 24.3 Å². The lowest BCUT2D eigenvalue weighted by atomic mass is 9.81. The minimum atomic E-state index is -0.521. The van der Waals surface area contributed by atoms with Crippen molar-refractivity contribution in [3.05, 3.63) is 34.0 Å². The summed E-state index contributed by atoms with van der Waals surface area (Å²) in [6.45, 7) is 1.84. The maximum atomic E-state index is 12.5. The molecule has 2 aromatic rings. The number of hydrogen-bond donors (Lipinski definition) is 1. The normalized spacial score (nSPS) is 16.2. The van der Waals surface area contributed by atoms with E-state index < -0.39 is 5.60 Å². The highest BCUT2D eigenvalue weighted by molar-refractivity contribution is 7.23. The monoisotopic (exact) mass is 372 g/mol. The Morgan fingerprint density at radius 3 is 2.60 bits per heavy atom. The van der Waals surface area contributed by atoms with Gasteiger partial charge in [0.05, 0.1) is 15.4 Å². The molecule has 1 aliphatic carbocycles. The molecule has 0 aromatic carbocycles.